The van der Waals surface area contributed by atoms with Crippen LogP contribution in [0.3, 0.4) is 0 Å². The van der Waals surface area contributed by atoms with Crippen LogP contribution in [0.25, 0.3) is 0 Å². The van der Waals surface area contributed by atoms with Crippen molar-refractivity contribution in [3.8, 4) is 0 Å². The molecule has 0 spiro atoms. The molecule has 2 N–H and O–H groups in total. The molecule has 0 heterocycles. The monoisotopic (exact) mass is 166 g/mol. The highest BCUT2D eigenvalue weighted by Crippen LogP contribution is 2.51. The predicted molar refractivity (Wildman–Crippen MR) is 51.1 cm³/mol. The van der Waals surface area contributed by atoms with Gasteiger partial charge in [-0.2, -0.15) is 0 Å². The van der Waals surface area contributed by atoms with Crippen LogP contribution in [0.5, 0.6) is 0 Å². The fraction of sp³-hybridized carbons (Fsp3) is 0.900. The van der Waals surface area contributed by atoms with Crippen molar-refractivity contribution >= 4 is 5.84 Å². The molecule has 0 aliphatic heterocycles. The molecule has 2 aliphatic rings. The molecular formula is C10H18N2. The Bertz CT molecular complexity index is 214. The van der Waals surface area contributed by atoms with Crippen molar-refractivity contribution in [2.24, 2.45) is 28.0 Å². The molecule has 0 aromatic heterocycles. The number of hydrogen-bond donors (Lipinski definition) is 1. The first-order valence-corrected chi connectivity index (χ1v) is 4.89. The molecule has 2 fully saturated rings. The lowest BCUT2D eigenvalue weighted by Gasteiger charge is -2.00. The van der Waals surface area contributed by atoms with Crippen LogP contribution in [-0.4, -0.2) is 12.4 Å². The summed E-state index contributed by atoms with van der Waals surface area (Å²) in [7, 11) is 0. The summed E-state index contributed by atoms with van der Waals surface area (Å²) >= 11 is 0. The molecular weight excluding hydrogens is 148 g/mol. The highest BCUT2D eigenvalue weighted by molar-refractivity contribution is 5.84. The zero-order chi connectivity index (χ0) is 8.77. The Morgan fingerprint density at radius 3 is 2.50 bits per heavy atom. The molecule has 2 saturated carbocycles. The predicted octanol–water partition coefficient (Wildman–Crippen LogP) is 1.80. The molecule has 1 atom stereocenters. The number of rotatable bonds is 3. The molecule has 2 aliphatic carbocycles. The molecule has 0 aromatic carbocycles. The summed E-state index contributed by atoms with van der Waals surface area (Å²) in [5.41, 5.74) is 6.34. The van der Waals surface area contributed by atoms with Crippen molar-refractivity contribution in [3.05, 3.63) is 0 Å². The first-order chi connectivity index (χ1) is 5.59. The Kier molecular flexibility index (Phi) is 1.67. The van der Waals surface area contributed by atoms with Gasteiger partial charge in [-0.3, -0.25) is 4.99 Å². The standard InChI is InChI=1S/C10H18N2/c1-10(2)5-8(10)6-12-9(11)7-3-4-7/h7-8H,3-6H2,1-2H3,(H2,11,12). The van der Waals surface area contributed by atoms with E-state index in [1.165, 1.54) is 19.3 Å². The number of nitrogens with two attached hydrogens (primary N) is 1. The van der Waals surface area contributed by atoms with Crippen molar-refractivity contribution in [2.75, 3.05) is 6.54 Å². The molecule has 0 radical (unpaired) electrons. The van der Waals surface area contributed by atoms with Crippen molar-refractivity contribution in [1.29, 1.82) is 0 Å². The van der Waals surface area contributed by atoms with Gasteiger partial charge in [-0.25, -0.2) is 0 Å². The summed E-state index contributed by atoms with van der Waals surface area (Å²) in [6, 6.07) is 0. The SMILES string of the molecule is CC1(C)CC1CN=C(N)C1CC1. The highest BCUT2D eigenvalue weighted by atomic mass is 14.9. The van der Waals surface area contributed by atoms with Crippen LogP contribution in [-0.2, 0) is 0 Å². The van der Waals surface area contributed by atoms with Gasteiger partial charge in [0.1, 0.15) is 0 Å². The first-order valence-electron chi connectivity index (χ1n) is 4.89. The minimum Gasteiger partial charge on any atom is -0.387 e. The first kappa shape index (κ1) is 8.09. The molecule has 12 heavy (non-hydrogen) atoms. The molecule has 0 saturated heterocycles. The summed E-state index contributed by atoms with van der Waals surface area (Å²) in [6.07, 6.45) is 3.86. The summed E-state index contributed by atoms with van der Waals surface area (Å²) in [6.45, 7) is 5.58. The molecule has 1 unspecified atom stereocenters. The third-order valence-corrected chi connectivity index (χ3v) is 3.21. The van der Waals surface area contributed by atoms with Crippen LogP contribution >= 0.6 is 0 Å². The van der Waals surface area contributed by atoms with Gasteiger partial charge in [-0.15, -0.1) is 0 Å². The van der Waals surface area contributed by atoms with Gasteiger partial charge in [0, 0.05) is 12.5 Å². The second-order valence-electron chi connectivity index (χ2n) is 4.93. The van der Waals surface area contributed by atoms with Gasteiger partial charge in [-0.1, -0.05) is 13.8 Å². The van der Waals surface area contributed by atoms with E-state index in [0.29, 0.717) is 11.3 Å². The summed E-state index contributed by atoms with van der Waals surface area (Å²) < 4.78 is 0. The van der Waals surface area contributed by atoms with Gasteiger partial charge in [0.2, 0.25) is 0 Å². The minimum absolute atomic E-state index is 0.549. The Hall–Kier alpha value is -0.530. The van der Waals surface area contributed by atoms with Gasteiger partial charge in [-0.05, 0) is 30.6 Å². The average molecular weight is 166 g/mol. The van der Waals surface area contributed by atoms with Gasteiger partial charge in [0.25, 0.3) is 0 Å². The topological polar surface area (TPSA) is 38.4 Å². The van der Waals surface area contributed by atoms with E-state index in [9.17, 15) is 0 Å². The molecule has 0 amide bonds. The normalized spacial score (nSPS) is 33.5. The third-order valence-electron chi connectivity index (χ3n) is 3.21. The Morgan fingerprint density at radius 2 is 2.08 bits per heavy atom. The summed E-state index contributed by atoms with van der Waals surface area (Å²) in [5.74, 6) is 2.36. The van der Waals surface area contributed by atoms with E-state index in [1.807, 2.05) is 0 Å². The van der Waals surface area contributed by atoms with E-state index in [4.69, 9.17) is 5.73 Å². The maximum absolute atomic E-state index is 5.79. The van der Waals surface area contributed by atoms with Crippen LogP contribution in [0.4, 0.5) is 0 Å². The van der Waals surface area contributed by atoms with E-state index < -0.39 is 0 Å². The maximum Gasteiger partial charge on any atom is 0.0968 e. The molecule has 0 aromatic rings. The second-order valence-corrected chi connectivity index (χ2v) is 4.93. The number of nitrogens with zero attached hydrogens (tertiary/aromatic N) is 1. The largest absolute Gasteiger partial charge is 0.387 e. The minimum atomic E-state index is 0.549. The third kappa shape index (κ3) is 1.62. The van der Waals surface area contributed by atoms with E-state index >= 15 is 0 Å². The fourth-order valence-corrected chi connectivity index (χ4v) is 1.61. The molecule has 2 rings (SSSR count). The molecule has 2 nitrogen and oxygen atoms in total. The van der Waals surface area contributed by atoms with Gasteiger partial charge >= 0.3 is 0 Å². The van der Waals surface area contributed by atoms with Crippen LogP contribution in [0.15, 0.2) is 4.99 Å². The summed E-state index contributed by atoms with van der Waals surface area (Å²) in [5, 5.41) is 0. The Balaban J connectivity index is 1.78. The van der Waals surface area contributed by atoms with Crippen LogP contribution in [0, 0.1) is 17.3 Å². The van der Waals surface area contributed by atoms with Gasteiger partial charge < -0.3 is 5.73 Å². The van der Waals surface area contributed by atoms with Crippen LogP contribution in [0.1, 0.15) is 33.1 Å². The quantitative estimate of drug-likeness (QED) is 0.504. The van der Waals surface area contributed by atoms with E-state index in [2.05, 4.69) is 18.8 Å². The number of aliphatic imine (C=N–C) groups is 1. The Labute approximate surface area is 74.2 Å². The zero-order valence-corrected chi connectivity index (χ0v) is 8.01. The molecule has 68 valence electrons. The van der Waals surface area contributed by atoms with E-state index in [0.717, 1.165) is 18.3 Å². The lowest BCUT2D eigenvalue weighted by Crippen LogP contribution is -2.15. The average Bonchev–Trinajstić information content (AvgIpc) is 2.81. The number of hydrogen-bond acceptors (Lipinski definition) is 1. The lowest BCUT2D eigenvalue weighted by molar-refractivity contribution is 0.565. The highest BCUT2D eigenvalue weighted by Gasteiger charge is 2.45. The summed E-state index contributed by atoms with van der Waals surface area (Å²) in [4.78, 5) is 4.44. The van der Waals surface area contributed by atoms with Gasteiger partial charge in [0.15, 0.2) is 0 Å². The van der Waals surface area contributed by atoms with Crippen molar-refractivity contribution in [3.63, 3.8) is 0 Å². The van der Waals surface area contributed by atoms with Crippen LogP contribution < -0.4 is 5.73 Å². The zero-order valence-electron chi connectivity index (χ0n) is 8.01. The fourth-order valence-electron chi connectivity index (χ4n) is 1.61. The van der Waals surface area contributed by atoms with Gasteiger partial charge in [0.05, 0.1) is 5.84 Å². The van der Waals surface area contributed by atoms with Crippen LogP contribution in [0.2, 0.25) is 0 Å². The Morgan fingerprint density at radius 1 is 1.50 bits per heavy atom. The van der Waals surface area contributed by atoms with E-state index in [-0.39, 0.29) is 0 Å². The van der Waals surface area contributed by atoms with Crippen molar-refractivity contribution < 1.29 is 0 Å². The van der Waals surface area contributed by atoms with Crippen molar-refractivity contribution in [1.82, 2.24) is 0 Å². The second kappa shape index (κ2) is 2.48. The smallest absolute Gasteiger partial charge is 0.0968 e. The molecule has 2 heteroatoms. The number of amidine groups is 1. The maximum atomic E-state index is 5.79. The molecule has 0 bridgehead atoms. The lowest BCUT2D eigenvalue weighted by atomic mass is 10.1. The van der Waals surface area contributed by atoms with E-state index in [1.54, 1.807) is 0 Å². The van der Waals surface area contributed by atoms with Crippen molar-refractivity contribution in [2.45, 2.75) is 33.1 Å².